The summed E-state index contributed by atoms with van der Waals surface area (Å²) in [4.78, 5) is 31.1. The highest BCUT2D eigenvalue weighted by Crippen LogP contribution is 2.22. The van der Waals surface area contributed by atoms with Gasteiger partial charge in [-0.15, -0.1) is 11.3 Å². The summed E-state index contributed by atoms with van der Waals surface area (Å²) in [6, 6.07) is 5.65. The maximum Gasteiger partial charge on any atom is 0.346 e. The summed E-state index contributed by atoms with van der Waals surface area (Å²) < 4.78 is 0. The normalized spacial score (nSPS) is 15.4. The summed E-state index contributed by atoms with van der Waals surface area (Å²) in [6.07, 6.45) is 4.31. The van der Waals surface area contributed by atoms with Crippen molar-refractivity contribution >= 4 is 17.2 Å². The molecule has 0 atom stereocenters. The minimum atomic E-state index is -0.493. The Morgan fingerprint density at radius 3 is 2.90 bits per heavy atom. The van der Waals surface area contributed by atoms with Crippen LogP contribution in [0.5, 0.6) is 0 Å². The summed E-state index contributed by atoms with van der Waals surface area (Å²) in [5.74, 6) is -0.263. The molecule has 0 aromatic carbocycles. The molecule has 0 saturated heterocycles. The van der Waals surface area contributed by atoms with Gasteiger partial charge in [-0.05, 0) is 30.4 Å². The summed E-state index contributed by atoms with van der Waals surface area (Å²) in [5, 5.41) is 4.87. The van der Waals surface area contributed by atoms with Gasteiger partial charge in [-0.2, -0.15) is 4.98 Å². The van der Waals surface area contributed by atoms with Gasteiger partial charge in [0, 0.05) is 6.04 Å². The van der Waals surface area contributed by atoms with E-state index in [1.807, 2.05) is 17.5 Å². The van der Waals surface area contributed by atoms with Gasteiger partial charge in [0.25, 0.3) is 5.91 Å². The van der Waals surface area contributed by atoms with Crippen LogP contribution < -0.4 is 11.0 Å². The maximum absolute atomic E-state index is 12.2. The van der Waals surface area contributed by atoms with Crippen molar-refractivity contribution in [3.63, 3.8) is 0 Å². The highest BCUT2D eigenvalue weighted by Gasteiger charge is 2.19. The van der Waals surface area contributed by atoms with Crippen molar-refractivity contribution in [2.45, 2.75) is 31.7 Å². The Kier molecular flexibility index (Phi) is 3.64. The Morgan fingerprint density at radius 2 is 2.20 bits per heavy atom. The molecule has 20 heavy (non-hydrogen) atoms. The van der Waals surface area contributed by atoms with E-state index in [1.165, 1.54) is 11.3 Å². The molecular formula is C14H15N3O2S. The molecule has 1 fully saturated rings. The molecule has 3 rings (SSSR count). The fourth-order valence-electron chi connectivity index (χ4n) is 2.47. The Bertz CT molecular complexity index is 657. The van der Waals surface area contributed by atoms with Crippen LogP contribution in [0.15, 0.2) is 28.4 Å². The number of aromatic amines is 1. The first-order valence-electron chi connectivity index (χ1n) is 6.68. The number of nitrogens with one attached hydrogen (secondary N) is 2. The van der Waals surface area contributed by atoms with Gasteiger partial charge in [-0.3, -0.25) is 4.79 Å². The van der Waals surface area contributed by atoms with Gasteiger partial charge < -0.3 is 10.3 Å². The topological polar surface area (TPSA) is 74.8 Å². The fraction of sp³-hybridized carbons (Fsp3) is 0.357. The second-order valence-electron chi connectivity index (χ2n) is 4.92. The number of carbonyl (C=O) groups is 1. The number of hydrogen-bond donors (Lipinski definition) is 2. The second-order valence-corrected chi connectivity index (χ2v) is 5.87. The molecule has 6 heteroatoms. The first-order valence-corrected chi connectivity index (χ1v) is 7.56. The highest BCUT2D eigenvalue weighted by atomic mass is 32.1. The molecule has 0 radical (unpaired) electrons. The number of nitrogens with zero attached hydrogens (tertiary/aromatic N) is 1. The second kappa shape index (κ2) is 5.58. The van der Waals surface area contributed by atoms with E-state index in [9.17, 15) is 9.59 Å². The van der Waals surface area contributed by atoms with Gasteiger partial charge >= 0.3 is 5.69 Å². The van der Waals surface area contributed by atoms with Crippen LogP contribution in [0, 0.1) is 0 Å². The van der Waals surface area contributed by atoms with Crippen LogP contribution in [0.4, 0.5) is 0 Å². The Morgan fingerprint density at radius 1 is 1.40 bits per heavy atom. The molecule has 0 spiro atoms. The van der Waals surface area contributed by atoms with Gasteiger partial charge in [0.1, 0.15) is 5.69 Å². The lowest BCUT2D eigenvalue weighted by Gasteiger charge is -2.11. The first kappa shape index (κ1) is 13.1. The molecule has 2 heterocycles. The van der Waals surface area contributed by atoms with Crippen LogP contribution in [0.3, 0.4) is 0 Å². The van der Waals surface area contributed by atoms with Crippen LogP contribution in [-0.2, 0) is 0 Å². The number of rotatable bonds is 3. The predicted molar refractivity (Wildman–Crippen MR) is 77.9 cm³/mol. The highest BCUT2D eigenvalue weighted by molar-refractivity contribution is 7.13. The Labute approximate surface area is 120 Å². The molecule has 2 N–H and O–H groups in total. The first-order chi connectivity index (χ1) is 9.72. The molecule has 1 aliphatic carbocycles. The monoisotopic (exact) mass is 289 g/mol. The third-order valence-corrected chi connectivity index (χ3v) is 4.36. The van der Waals surface area contributed by atoms with E-state index in [0.29, 0.717) is 5.69 Å². The fourth-order valence-corrected chi connectivity index (χ4v) is 3.17. The summed E-state index contributed by atoms with van der Waals surface area (Å²) in [5.41, 5.74) is 0.327. The lowest BCUT2D eigenvalue weighted by molar-refractivity contribution is 0.0932. The van der Waals surface area contributed by atoms with Crippen LogP contribution in [0.2, 0.25) is 0 Å². The summed E-state index contributed by atoms with van der Waals surface area (Å²) in [7, 11) is 0. The van der Waals surface area contributed by atoms with E-state index >= 15 is 0 Å². The number of thiophene rings is 1. The molecule has 5 nitrogen and oxygen atoms in total. The van der Waals surface area contributed by atoms with Gasteiger partial charge in [0.15, 0.2) is 0 Å². The average Bonchev–Trinajstić information content (AvgIpc) is 3.11. The van der Waals surface area contributed by atoms with Crippen molar-refractivity contribution < 1.29 is 4.79 Å². The molecule has 1 saturated carbocycles. The average molecular weight is 289 g/mol. The van der Waals surface area contributed by atoms with Crippen molar-refractivity contribution in [1.29, 1.82) is 0 Å². The van der Waals surface area contributed by atoms with Crippen molar-refractivity contribution in [1.82, 2.24) is 15.3 Å². The molecule has 2 aromatic heterocycles. The van der Waals surface area contributed by atoms with E-state index in [2.05, 4.69) is 15.3 Å². The Hall–Kier alpha value is -1.95. The summed E-state index contributed by atoms with van der Waals surface area (Å²) in [6.45, 7) is 0. The number of carbonyl (C=O) groups excluding carboxylic acids is 1. The standard InChI is InChI=1S/C14H15N3O2S/c18-13(15-9-4-1-2-5-9)11-8-10(16-14(19)17-11)12-6-3-7-20-12/h3,6-9H,1-2,4-5H2,(H,15,18)(H,16,17,19). The molecule has 0 unspecified atom stereocenters. The van der Waals surface area contributed by atoms with E-state index in [4.69, 9.17) is 0 Å². The van der Waals surface area contributed by atoms with Crippen LogP contribution in [0.1, 0.15) is 36.2 Å². The van der Waals surface area contributed by atoms with E-state index in [0.717, 1.165) is 30.6 Å². The minimum Gasteiger partial charge on any atom is -0.348 e. The van der Waals surface area contributed by atoms with Crippen molar-refractivity contribution in [3.05, 3.63) is 39.8 Å². The van der Waals surface area contributed by atoms with Crippen molar-refractivity contribution in [2.24, 2.45) is 0 Å². The van der Waals surface area contributed by atoms with E-state index in [-0.39, 0.29) is 17.6 Å². The minimum absolute atomic E-state index is 0.184. The van der Waals surface area contributed by atoms with Gasteiger partial charge in [-0.25, -0.2) is 4.79 Å². The lowest BCUT2D eigenvalue weighted by atomic mass is 10.2. The quantitative estimate of drug-likeness (QED) is 0.909. The van der Waals surface area contributed by atoms with Gasteiger partial charge in [0.05, 0.1) is 10.6 Å². The van der Waals surface area contributed by atoms with Crippen molar-refractivity contribution in [3.8, 4) is 10.6 Å². The zero-order chi connectivity index (χ0) is 13.9. The van der Waals surface area contributed by atoms with Crippen molar-refractivity contribution in [2.75, 3.05) is 0 Å². The smallest absolute Gasteiger partial charge is 0.346 e. The number of hydrogen-bond acceptors (Lipinski definition) is 4. The third kappa shape index (κ3) is 2.80. The predicted octanol–water partition coefficient (Wildman–Crippen LogP) is 2.17. The van der Waals surface area contributed by atoms with Crippen LogP contribution >= 0.6 is 11.3 Å². The maximum atomic E-state index is 12.2. The molecule has 0 bridgehead atoms. The Balaban J connectivity index is 1.85. The molecule has 1 aliphatic rings. The largest absolute Gasteiger partial charge is 0.348 e. The molecule has 0 aliphatic heterocycles. The molecule has 2 aromatic rings. The number of H-pyrrole nitrogens is 1. The van der Waals surface area contributed by atoms with E-state index < -0.39 is 5.69 Å². The summed E-state index contributed by atoms with van der Waals surface area (Å²) >= 11 is 1.51. The molecular weight excluding hydrogens is 274 g/mol. The van der Waals surface area contributed by atoms with Crippen LogP contribution in [-0.4, -0.2) is 21.9 Å². The van der Waals surface area contributed by atoms with Gasteiger partial charge in [0.2, 0.25) is 0 Å². The number of amides is 1. The third-order valence-electron chi connectivity index (χ3n) is 3.45. The zero-order valence-corrected chi connectivity index (χ0v) is 11.7. The van der Waals surface area contributed by atoms with E-state index in [1.54, 1.807) is 6.07 Å². The number of aromatic nitrogens is 2. The van der Waals surface area contributed by atoms with Crippen LogP contribution in [0.25, 0.3) is 10.6 Å². The molecule has 1 amide bonds. The molecule has 104 valence electrons. The lowest BCUT2D eigenvalue weighted by Crippen LogP contribution is -2.34. The SMILES string of the molecule is O=C(NC1CCCC1)c1cc(-c2cccs2)[nH]c(=O)n1. The zero-order valence-electron chi connectivity index (χ0n) is 10.9. The van der Waals surface area contributed by atoms with Gasteiger partial charge in [-0.1, -0.05) is 18.9 Å².